The minimum Gasteiger partial charge on any atom is -0.478 e. The topological polar surface area (TPSA) is 84.6 Å². The third-order valence-corrected chi connectivity index (χ3v) is 3.43. The molecule has 3 rings (SSSR count). The number of fused-ring (bicyclic) bond motifs is 1. The number of carbonyl (C=O) groups is 1. The van der Waals surface area contributed by atoms with Crippen LogP contribution in [0.4, 0.5) is 6.01 Å². The minimum absolute atomic E-state index is 0.193. The molecule has 1 aromatic heterocycles. The highest BCUT2D eigenvalue weighted by Gasteiger charge is 2.20. The van der Waals surface area contributed by atoms with Gasteiger partial charge in [0.15, 0.2) is 5.58 Å². The second-order valence-corrected chi connectivity index (χ2v) is 5.31. The average molecular weight is 290 g/mol. The first-order chi connectivity index (χ1) is 10.2. The summed E-state index contributed by atoms with van der Waals surface area (Å²) in [5.41, 5.74) is 1.31. The van der Waals surface area contributed by atoms with Crippen LogP contribution in [0.2, 0.25) is 0 Å². The fraction of sp³-hybridized carbons (Fsp3) is 0.467. The van der Waals surface area contributed by atoms with Crippen molar-refractivity contribution in [3.8, 4) is 0 Å². The zero-order chi connectivity index (χ0) is 14.7. The summed E-state index contributed by atoms with van der Waals surface area (Å²) in [6, 6.07) is 5.05. The van der Waals surface area contributed by atoms with Crippen LogP contribution in [0, 0.1) is 5.92 Å². The number of hydrogen-bond acceptors (Lipinski definition) is 5. The van der Waals surface area contributed by atoms with Gasteiger partial charge in [0.25, 0.3) is 6.01 Å². The van der Waals surface area contributed by atoms with E-state index in [4.69, 9.17) is 14.3 Å². The van der Waals surface area contributed by atoms with Crippen LogP contribution in [0.25, 0.3) is 11.1 Å². The molecule has 6 heteroatoms. The predicted octanol–water partition coefficient (Wildman–Crippen LogP) is 2.75. The van der Waals surface area contributed by atoms with Gasteiger partial charge in [0.05, 0.1) is 5.56 Å². The molecule has 1 aliphatic carbocycles. The number of anilines is 1. The van der Waals surface area contributed by atoms with E-state index in [-0.39, 0.29) is 5.56 Å². The molecule has 0 aliphatic heterocycles. The number of carboxylic acids is 1. The lowest BCUT2D eigenvalue weighted by Gasteiger charge is -2.03. The molecule has 0 radical (unpaired) electrons. The first-order valence-electron chi connectivity index (χ1n) is 7.18. The van der Waals surface area contributed by atoms with Gasteiger partial charge in [-0.1, -0.05) is 0 Å². The smallest absolute Gasteiger partial charge is 0.335 e. The van der Waals surface area contributed by atoms with Gasteiger partial charge in [-0.2, -0.15) is 4.98 Å². The van der Waals surface area contributed by atoms with Gasteiger partial charge in [0, 0.05) is 19.8 Å². The van der Waals surface area contributed by atoms with Crippen LogP contribution in [0.15, 0.2) is 22.6 Å². The molecule has 112 valence electrons. The molecule has 1 aliphatic rings. The molecule has 2 aromatic rings. The monoisotopic (exact) mass is 290 g/mol. The molecule has 1 saturated carbocycles. The Morgan fingerprint density at radius 1 is 1.48 bits per heavy atom. The van der Waals surface area contributed by atoms with Crippen molar-refractivity contribution in [1.29, 1.82) is 0 Å². The first-order valence-corrected chi connectivity index (χ1v) is 7.18. The predicted molar refractivity (Wildman–Crippen MR) is 77.6 cm³/mol. The molecule has 0 amide bonds. The summed E-state index contributed by atoms with van der Waals surface area (Å²) in [4.78, 5) is 15.1. The van der Waals surface area contributed by atoms with Gasteiger partial charge >= 0.3 is 5.97 Å². The highest BCUT2D eigenvalue weighted by Crippen LogP contribution is 2.28. The van der Waals surface area contributed by atoms with Crippen molar-refractivity contribution in [2.75, 3.05) is 25.1 Å². The maximum absolute atomic E-state index is 10.9. The Morgan fingerprint density at radius 3 is 3.10 bits per heavy atom. The first kappa shape index (κ1) is 13.9. The SMILES string of the molecule is O=C(O)c1ccc2nc(NCCCOCC3CC3)oc2c1. The summed E-state index contributed by atoms with van der Waals surface area (Å²) < 4.78 is 11.0. The molecule has 0 spiro atoms. The number of ether oxygens (including phenoxy) is 1. The zero-order valence-electron chi connectivity index (χ0n) is 11.7. The molecule has 2 N–H and O–H groups in total. The normalized spacial score (nSPS) is 14.5. The lowest BCUT2D eigenvalue weighted by Crippen LogP contribution is -2.06. The zero-order valence-corrected chi connectivity index (χ0v) is 11.7. The lowest BCUT2D eigenvalue weighted by molar-refractivity contribution is 0.0697. The van der Waals surface area contributed by atoms with E-state index < -0.39 is 5.97 Å². The number of hydrogen-bond donors (Lipinski definition) is 2. The Kier molecular flexibility index (Phi) is 4.06. The summed E-state index contributed by atoms with van der Waals surface area (Å²) >= 11 is 0. The van der Waals surface area contributed by atoms with E-state index in [1.165, 1.54) is 25.0 Å². The lowest BCUT2D eigenvalue weighted by atomic mass is 10.2. The third-order valence-electron chi connectivity index (χ3n) is 3.43. The quantitative estimate of drug-likeness (QED) is 0.727. The number of nitrogens with zero attached hydrogens (tertiary/aromatic N) is 1. The van der Waals surface area contributed by atoms with E-state index in [1.54, 1.807) is 6.07 Å². The number of carboxylic acid groups (broad SMARTS) is 1. The minimum atomic E-state index is -0.976. The molecule has 0 unspecified atom stereocenters. The summed E-state index contributed by atoms with van der Waals surface area (Å²) in [5.74, 6) is -0.186. The van der Waals surface area contributed by atoms with Crippen LogP contribution in [0.3, 0.4) is 0 Å². The van der Waals surface area contributed by atoms with Gasteiger partial charge in [0.2, 0.25) is 0 Å². The van der Waals surface area contributed by atoms with Gasteiger partial charge in [-0.15, -0.1) is 0 Å². The second kappa shape index (κ2) is 6.13. The summed E-state index contributed by atoms with van der Waals surface area (Å²) in [6.07, 6.45) is 3.49. The number of nitrogens with one attached hydrogen (secondary N) is 1. The van der Waals surface area contributed by atoms with Crippen molar-refractivity contribution in [3.05, 3.63) is 23.8 Å². The van der Waals surface area contributed by atoms with E-state index in [1.807, 2.05) is 0 Å². The molecule has 6 nitrogen and oxygen atoms in total. The van der Waals surface area contributed by atoms with Gasteiger partial charge in [0.1, 0.15) is 5.52 Å². The fourth-order valence-corrected chi connectivity index (χ4v) is 2.04. The average Bonchev–Trinajstić information content (AvgIpc) is 3.19. The number of oxazole rings is 1. The van der Waals surface area contributed by atoms with E-state index in [9.17, 15) is 4.79 Å². The van der Waals surface area contributed by atoms with Crippen molar-refractivity contribution in [3.63, 3.8) is 0 Å². The van der Waals surface area contributed by atoms with Gasteiger partial charge in [-0.05, 0) is 43.4 Å². The molecular weight excluding hydrogens is 272 g/mol. The Labute approximate surface area is 122 Å². The van der Waals surface area contributed by atoms with E-state index in [0.717, 1.165) is 25.6 Å². The summed E-state index contributed by atoms with van der Waals surface area (Å²) in [7, 11) is 0. The van der Waals surface area contributed by atoms with Crippen LogP contribution in [0.1, 0.15) is 29.6 Å². The maximum atomic E-state index is 10.9. The number of benzene rings is 1. The Bertz CT molecular complexity index is 634. The van der Waals surface area contributed by atoms with Crippen molar-refractivity contribution in [2.45, 2.75) is 19.3 Å². The van der Waals surface area contributed by atoms with E-state index in [0.29, 0.717) is 23.7 Å². The molecule has 1 heterocycles. The number of aromatic nitrogens is 1. The van der Waals surface area contributed by atoms with Gasteiger partial charge in [-0.25, -0.2) is 4.79 Å². The molecule has 1 fully saturated rings. The Hall–Kier alpha value is -2.08. The van der Waals surface area contributed by atoms with E-state index in [2.05, 4.69) is 10.3 Å². The van der Waals surface area contributed by atoms with Crippen molar-refractivity contribution in [1.82, 2.24) is 4.98 Å². The van der Waals surface area contributed by atoms with Crippen LogP contribution < -0.4 is 5.32 Å². The highest BCUT2D eigenvalue weighted by molar-refractivity contribution is 5.92. The van der Waals surface area contributed by atoms with Crippen LogP contribution >= 0.6 is 0 Å². The summed E-state index contributed by atoms with van der Waals surface area (Å²) in [6.45, 7) is 2.32. The Balaban J connectivity index is 1.48. The third kappa shape index (κ3) is 3.72. The van der Waals surface area contributed by atoms with Gasteiger partial charge < -0.3 is 19.6 Å². The maximum Gasteiger partial charge on any atom is 0.335 e. The standard InChI is InChI=1S/C15H18N2O4/c18-14(19)11-4-5-12-13(8-11)21-15(17-12)16-6-1-7-20-9-10-2-3-10/h4-5,8,10H,1-3,6-7,9H2,(H,16,17)(H,18,19). The second-order valence-electron chi connectivity index (χ2n) is 5.31. The van der Waals surface area contributed by atoms with Crippen LogP contribution in [-0.2, 0) is 4.74 Å². The van der Waals surface area contributed by atoms with Crippen LogP contribution in [-0.4, -0.2) is 35.8 Å². The van der Waals surface area contributed by atoms with Crippen molar-refractivity contribution in [2.24, 2.45) is 5.92 Å². The number of rotatable bonds is 8. The molecule has 0 saturated heterocycles. The van der Waals surface area contributed by atoms with Crippen molar-refractivity contribution >= 4 is 23.1 Å². The fourth-order valence-electron chi connectivity index (χ4n) is 2.04. The Morgan fingerprint density at radius 2 is 2.33 bits per heavy atom. The highest BCUT2D eigenvalue weighted by atomic mass is 16.5. The summed E-state index contributed by atoms with van der Waals surface area (Å²) in [5, 5.41) is 12.0. The molecular formula is C15H18N2O4. The number of aromatic carboxylic acids is 1. The van der Waals surface area contributed by atoms with Gasteiger partial charge in [-0.3, -0.25) is 0 Å². The molecule has 0 atom stereocenters. The van der Waals surface area contributed by atoms with Crippen molar-refractivity contribution < 1.29 is 19.1 Å². The molecule has 1 aromatic carbocycles. The largest absolute Gasteiger partial charge is 0.478 e. The molecule has 21 heavy (non-hydrogen) atoms. The van der Waals surface area contributed by atoms with E-state index >= 15 is 0 Å². The molecule has 0 bridgehead atoms. The van der Waals surface area contributed by atoms with Crippen LogP contribution in [0.5, 0.6) is 0 Å².